The molecule has 0 aliphatic carbocycles. The van der Waals surface area contributed by atoms with Gasteiger partial charge in [-0.25, -0.2) is 4.98 Å². The molecule has 4 rings (SSSR count). The topological polar surface area (TPSA) is 50.2 Å². The van der Waals surface area contributed by atoms with Crippen LogP contribution in [0.2, 0.25) is 0 Å². The molecule has 1 aliphatic rings. The molecule has 1 aromatic heterocycles. The molecular formula is C25H29F3N4O. The third-order valence-corrected chi connectivity index (χ3v) is 6.17. The highest BCUT2D eigenvalue weighted by atomic mass is 19.4. The molecular weight excluding hydrogens is 429 g/mol. The van der Waals surface area contributed by atoms with Crippen molar-refractivity contribution >= 4 is 22.9 Å². The standard InChI is InChI=1S/C25H29F3N4O/c1-2-3-14-32-22-12-5-4-11-21(22)30-24(32)31-13-7-9-19(17-31)23(33)29-16-18-8-6-10-20(15-18)25(26,27)28/h4-6,8,10-12,15,19H,2-3,7,9,13-14,16-17H2,1H3,(H,29,33). The first kappa shape index (κ1) is 23.1. The molecule has 5 nitrogen and oxygen atoms in total. The van der Waals surface area contributed by atoms with E-state index < -0.39 is 11.7 Å². The van der Waals surface area contributed by atoms with Gasteiger partial charge in [0.2, 0.25) is 11.9 Å². The molecule has 1 unspecified atom stereocenters. The van der Waals surface area contributed by atoms with Crippen molar-refractivity contribution < 1.29 is 18.0 Å². The van der Waals surface area contributed by atoms with Crippen molar-refractivity contribution in [3.63, 3.8) is 0 Å². The SMILES string of the molecule is CCCCn1c(N2CCCC(C(=O)NCc3cccc(C(F)(F)F)c3)C2)nc2ccccc21. The number of alkyl halides is 3. The zero-order chi connectivity index (χ0) is 23.4. The number of para-hydroxylation sites is 2. The number of aromatic nitrogens is 2. The number of nitrogens with one attached hydrogen (secondary N) is 1. The fourth-order valence-corrected chi connectivity index (χ4v) is 4.40. The van der Waals surface area contributed by atoms with Gasteiger partial charge in [-0.05, 0) is 49.1 Å². The molecule has 3 aromatic rings. The second-order valence-corrected chi connectivity index (χ2v) is 8.61. The molecule has 1 atom stereocenters. The molecule has 1 amide bonds. The second kappa shape index (κ2) is 9.85. The number of carbonyl (C=O) groups excluding carboxylic acids is 1. The number of hydrogen-bond donors (Lipinski definition) is 1. The number of rotatable bonds is 7. The van der Waals surface area contributed by atoms with Crippen LogP contribution in [0, 0.1) is 5.92 Å². The van der Waals surface area contributed by atoms with Crippen LogP contribution in [0.3, 0.4) is 0 Å². The van der Waals surface area contributed by atoms with Gasteiger partial charge in [0.1, 0.15) is 0 Å². The lowest BCUT2D eigenvalue weighted by Gasteiger charge is -2.33. The Balaban J connectivity index is 1.45. The lowest BCUT2D eigenvalue weighted by Crippen LogP contribution is -2.43. The molecule has 8 heteroatoms. The lowest BCUT2D eigenvalue weighted by atomic mass is 9.97. The molecule has 2 heterocycles. The van der Waals surface area contributed by atoms with Gasteiger partial charge in [-0.1, -0.05) is 37.6 Å². The Bertz CT molecular complexity index is 1110. The predicted octanol–water partition coefficient (Wildman–Crippen LogP) is 5.39. The zero-order valence-electron chi connectivity index (χ0n) is 18.7. The van der Waals surface area contributed by atoms with Gasteiger partial charge < -0.3 is 14.8 Å². The van der Waals surface area contributed by atoms with Gasteiger partial charge >= 0.3 is 6.18 Å². The minimum Gasteiger partial charge on any atom is -0.352 e. The summed E-state index contributed by atoms with van der Waals surface area (Å²) in [4.78, 5) is 19.9. The summed E-state index contributed by atoms with van der Waals surface area (Å²) in [7, 11) is 0. The highest BCUT2D eigenvalue weighted by Crippen LogP contribution is 2.30. The summed E-state index contributed by atoms with van der Waals surface area (Å²) in [5.41, 5.74) is 1.77. The molecule has 33 heavy (non-hydrogen) atoms. The highest BCUT2D eigenvalue weighted by Gasteiger charge is 2.31. The Morgan fingerprint density at radius 1 is 1.18 bits per heavy atom. The van der Waals surface area contributed by atoms with Crippen molar-refractivity contribution in [2.75, 3.05) is 18.0 Å². The first-order chi connectivity index (χ1) is 15.9. The van der Waals surface area contributed by atoms with Gasteiger partial charge in [-0.15, -0.1) is 0 Å². The van der Waals surface area contributed by atoms with E-state index in [0.717, 1.165) is 67.9 Å². The number of piperidine rings is 1. The van der Waals surface area contributed by atoms with Crippen LogP contribution in [0.25, 0.3) is 11.0 Å². The fourth-order valence-electron chi connectivity index (χ4n) is 4.40. The maximum Gasteiger partial charge on any atom is 0.416 e. The Morgan fingerprint density at radius 2 is 2.00 bits per heavy atom. The first-order valence-corrected chi connectivity index (χ1v) is 11.5. The summed E-state index contributed by atoms with van der Waals surface area (Å²) < 4.78 is 41.1. The number of anilines is 1. The van der Waals surface area contributed by atoms with E-state index in [1.165, 1.54) is 6.07 Å². The summed E-state index contributed by atoms with van der Waals surface area (Å²) >= 11 is 0. The van der Waals surface area contributed by atoms with E-state index in [1.807, 2.05) is 18.2 Å². The van der Waals surface area contributed by atoms with Gasteiger partial charge in [0.05, 0.1) is 22.5 Å². The molecule has 176 valence electrons. The largest absolute Gasteiger partial charge is 0.416 e. The smallest absolute Gasteiger partial charge is 0.352 e. The molecule has 1 saturated heterocycles. The average Bonchev–Trinajstić information content (AvgIpc) is 3.19. The number of hydrogen-bond acceptors (Lipinski definition) is 3. The zero-order valence-corrected chi connectivity index (χ0v) is 18.7. The summed E-state index contributed by atoms with van der Waals surface area (Å²) in [6, 6.07) is 13.2. The van der Waals surface area contributed by atoms with Gasteiger partial charge in [-0.3, -0.25) is 4.79 Å². The minimum atomic E-state index is -4.40. The molecule has 0 spiro atoms. The van der Waals surface area contributed by atoms with Gasteiger partial charge in [0, 0.05) is 26.2 Å². The van der Waals surface area contributed by atoms with Crippen LogP contribution in [0.15, 0.2) is 48.5 Å². The Kier molecular flexibility index (Phi) is 6.91. The monoisotopic (exact) mass is 458 g/mol. The van der Waals surface area contributed by atoms with Crippen LogP contribution >= 0.6 is 0 Å². The van der Waals surface area contributed by atoms with Crippen molar-refractivity contribution in [3.05, 3.63) is 59.7 Å². The number of imidazole rings is 1. The third-order valence-electron chi connectivity index (χ3n) is 6.17. The average molecular weight is 459 g/mol. The number of unbranched alkanes of at least 4 members (excludes halogenated alkanes) is 1. The Hall–Kier alpha value is -3.03. The normalized spacial score (nSPS) is 16.8. The van der Waals surface area contributed by atoms with Crippen molar-refractivity contribution in [3.8, 4) is 0 Å². The van der Waals surface area contributed by atoms with Crippen LogP contribution in [0.4, 0.5) is 19.1 Å². The van der Waals surface area contributed by atoms with E-state index >= 15 is 0 Å². The number of nitrogens with zero attached hydrogens (tertiary/aromatic N) is 3. The Morgan fingerprint density at radius 3 is 2.79 bits per heavy atom. The van der Waals surface area contributed by atoms with E-state index in [9.17, 15) is 18.0 Å². The quantitative estimate of drug-likeness (QED) is 0.517. The van der Waals surface area contributed by atoms with E-state index in [4.69, 9.17) is 4.98 Å². The van der Waals surface area contributed by atoms with E-state index in [-0.39, 0.29) is 18.4 Å². The van der Waals surface area contributed by atoms with Crippen LogP contribution in [0.5, 0.6) is 0 Å². The maximum atomic E-state index is 12.9. The predicted molar refractivity (Wildman–Crippen MR) is 123 cm³/mol. The number of aryl methyl sites for hydroxylation is 1. The Labute approximate surface area is 191 Å². The number of fused-ring (bicyclic) bond motifs is 1. The van der Waals surface area contributed by atoms with Crippen molar-refractivity contribution in [1.82, 2.24) is 14.9 Å². The fraction of sp³-hybridized carbons (Fsp3) is 0.440. The van der Waals surface area contributed by atoms with E-state index in [2.05, 4.69) is 27.8 Å². The molecule has 0 radical (unpaired) electrons. The summed E-state index contributed by atoms with van der Waals surface area (Å²) in [5.74, 6) is 0.525. The minimum absolute atomic E-state index is 0.0776. The van der Waals surface area contributed by atoms with Crippen molar-refractivity contribution in [2.45, 2.75) is 51.9 Å². The number of carbonyl (C=O) groups is 1. The lowest BCUT2D eigenvalue weighted by molar-refractivity contribution is -0.137. The van der Waals surface area contributed by atoms with E-state index in [1.54, 1.807) is 6.07 Å². The van der Waals surface area contributed by atoms with Crippen LogP contribution in [-0.2, 0) is 24.1 Å². The van der Waals surface area contributed by atoms with Gasteiger partial charge in [-0.2, -0.15) is 13.2 Å². The second-order valence-electron chi connectivity index (χ2n) is 8.61. The van der Waals surface area contributed by atoms with Gasteiger partial charge in [0.25, 0.3) is 0 Å². The van der Waals surface area contributed by atoms with Crippen LogP contribution in [0.1, 0.15) is 43.7 Å². The number of benzene rings is 2. The van der Waals surface area contributed by atoms with Crippen molar-refractivity contribution in [2.24, 2.45) is 5.92 Å². The van der Waals surface area contributed by atoms with Crippen LogP contribution in [-0.4, -0.2) is 28.5 Å². The molecule has 1 aliphatic heterocycles. The molecule has 1 N–H and O–H groups in total. The number of halogens is 3. The summed E-state index contributed by atoms with van der Waals surface area (Å²) in [6.45, 7) is 4.48. The summed E-state index contributed by atoms with van der Waals surface area (Å²) in [5, 5.41) is 2.83. The van der Waals surface area contributed by atoms with Gasteiger partial charge in [0.15, 0.2) is 0 Å². The van der Waals surface area contributed by atoms with Crippen LogP contribution < -0.4 is 10.2 Å². The highest BCUT2D eigenvalue weighted by molar-refractivity contribution is 5.81. The molecule has 0 bridgehead atoms. The molecule has 2 aromatic carbocycles. The summed E-state index contributed by atoms with van der Waals surface area (Å²) in [6.07, 6.45) is -0.666. The van der Waals surface area contributed by atoms with Crippen molar-refractivity contribution in [1.29, 1.82) is 0 Å². The number of amides is 1. The maximum absolute atomic E-state index is 12.9. The molecule has 1 fully saturated rings. The van der Waals surface area contributed by atoms with E-state index in [0.29, 0.717) is 12.1 Å². The third kappa shape index (κ3) is 5.31. The molecule has 0 saturated carbocycles. The first-order valence-electron chi connectivity index (χ1n) is 11.5.